The monoisotopic (exact) mass is 692 g/mol. The molecule has 3 nitrogen and oxygen atoms in total. The van der Waals surface area contributed by atoms with Crippen molar-refractivity contribution in [3.05, 3.63) is 198 Å². The van der Waals surface area contributed by atoms with E-state index in [0.29, 0.717) is 0 Å². The van der Waals surface area contributed by atoms with Crippen LogP contribution in [0, 0.1) is 0 Å². The van der Waals surface area contributed by atoms with Gasteiger partial charge in [-0.3, -0.25) is 0 Å². The van der Waals surface area contributed by atoms with E-state index in [1.54, 1.807) is 0 Å². The van der Waals surface area contributed by atoms with Crippen LogP contribution in [-0.2, 0) is 15.4 Å². The van der Waals surface area contributed by atoms with Crippen molar-refractivity contribution in [3.63, 3.8) is 0 Å². The molecule has 2 aliphatic heterocycles. The summed E-state index contributed by atoms with van der Waals surface area (Å²) in [6, 6.07) is 61.7. The Hall–Kier alpha value is -5.63. The largest absolute Gasteiger partial charge is 0.310 e. The van der Waals surface area contributed by atoms with Crippen molar-refractivity contribution >= 4 is 57.2 Å². The highest BCUT2D eigenvalue weighted by Gasteiger charge is 2.41. The van der Waals surface area contributed by atoms with Crippen LogP contribution in [0.15, 0.2) is 176 Å². The molecule has 0 saturated carbocycles. The maximum Gasteiger partial charge on any atom is 0.171 e. The van der Waals surface area contributed by atoms with Crippen LogP contribution in [0.1, 0.15) is 49.9 Å². The fraction of sp³-hybridized carbons (Fsp3) is 0.125. The summed E-state index contributed by atoms with van der Waals surface area (Å²) in [5, 5.41) is 2.51. The summed E-state index contributed by atoms with van der Waals surface area (Å²) in [5.41, 5.74) is 10.9. The van der Waals surface area contributed by atoms with Gasteiger partial charge in [-0.15, -0.1) is 0 Å². The van der Waals surface area contributed by atoms with Crippen LogP contribution < -0.4 is 25.7 Å². The molecule has 0 aromatic heterocycles. The molecule has 0 amide bonds. The van der Waals surface area contributed by atoms with E-state index in [4.69, 9.17) is 0 Å². The minimum absolute atomic E-state index is 0.327. The summed E-state index contributed by atoms with van der Waals surface area (Å²) < 4.78 is 16.4. The lowest BCUT2D eigenvalue weighted by molar-refractivity contribution is 0.592. The highest BCUT2D eigenvalue weighted by molar-refractivity contribution is 7.85. The number of rotatable bonds is 5. The van der Waals surface area contributed by atoms with E-state index in [-0.39, 0.29) is 10.8 Å². The molecule has 2 heterocycles. The van der Waals surface area contributed by atoms with E-state index in [2.05, 4.69) is 183 Å². The average Bonchev–Trinajstić information content (AvgIpc) is 3.19. The van der Waals surface area contributed by atoms with Gasteiger partial charge in [-0.1, -0.05) is 131 Å². The van der Waals surface area contributed by atoms with Gasteiger partial charge < -0.3 is 14.4 Å². The van der Waals surface area contributed by atoms with Crippen molar-refractivity contribution in [1.29, 1.82) is 0 Å². The van der Waals surface area contributed by atoms with Crippen molar-refractivity contribution in [2.75, 3.05) is 9.80 Å². The number of anilines is 6. The van der Waals surface area contributed by atoms with Crippen LogP contribution in [0.3, 0.4) is 0 Å². The van der Waals surface area contributed by atoms with Crippen molar-refractivity contribution in [2.45, 2.75) is 38.5 Å². The molecule has 4 heteroatoms. The topological polar surface area (TPSA) is 23.6 Å². The Labute approximate surface area is 307 Å². The lowest BCUT2D eigenvalue weighted by Gasteiger charge is -2.43. The first-order valence-electron chi connectivity index (χ1n) is 18.1. The molecule has 9 rings (SSSR count). The SMILES string of the molecule is CC1(C)c2ccccc2N(c2ccccc2)c2ccc(P(=O)(c3ccccc3)c3ccc4c(c3)C(C)(C)c3ccccc3N4c3ccccc3)cc21. The fourth-order valence-electron chi connectivity index (χ4n) is 8.57. The molecule has 0 N–H and O–H groups in total. The number of hydrogen-bond acceptors (Lipinski definition) is 3. The Balaban J connectivity index is 1.27. The molecule has 7 aromatic carbocycles. The average molecular weight is 693 g/mol. The molecule has 0 radical (unpaired) electrons. The first-order chi connectivity index (χ1) is 25.2. The number of fused-ring (bicyclic) bond motifs is 4. The van der Waals surface area contributed by atoms with Gasteiger partial charge in [0.05, 0.1) is 22.7 Å². The van der Waals surface area contributed by atoms with Crippen LogP contribution in [0.25, 0.3) is 0 Å². The Kier molecular flexibility index (Phi) is 7.43. The summed E-state index contributed by atoms with van der Waals surface area (Å²) in [6.07, 6.45) is 0. The van der Waals surface area contributed by atoms with Crippen LogP contribution in [-0.4, -0.2) is 0 Å². The second-order valence-corrected chi connectivity index (χ2v) is 17.7. The van der Waals surface area contributed by atoms with Crippen LogP contribution in [0.5, 0.6) is 0 Å². The zero-order chi connectivity index (χ0) is 35.7. The van der Waals surface area contributed by atoms with Crippen molar-refractivity contribution in [2.24, 2.45) is 0 Å². The molecule has 2 aliphatic rings. The predicted octanol–water partition coefficient (Wildman–Crippen LogP) is 11.5. The Morgan fingerprint density at radius 3 is 1.13 bits per heavy atom. The second-order valence-electron chi connectivity index (χ2n) is 15.0. The van der Waals surface area contributed by atoms with Gasteiger partial charge in [-0.05, 0) is 95.1 Å². The van der Waals surface area contributed by atoms with Crippen LogP contribution in [0.4, 0.5) is 34.1 Å². The zero-order valence-corrected chi connectivity index (χ0v) is 30.9. The van der Waals surface area contributed by atoms with Gasteiger partial charge in [0.15, 0.2) is 7.14 Å². The summed E-state index contributed by atoms with van der Waals surface area (Å²) in [5.74, 6) is 0. The molecular weight excluding hydrogens is 652 g/mol. The minimum atomic E-state index is -3.37. The first-order valence-corrected chi connectivity index (χ1v) is 19.8. The van der Waals surface area contributed by atoms with E-state index < -0.39 is 7.14 Å². The molecule has 0 aliphatic carbocycles. The second kappa shape index (κ2) is 12.0. The standard InChI is InChI=1S/C48H41N2OP/c1-47(2)39-24-14-16-26-43(39)49(34-18-8-5-9-19-34)45-30-28-37(32-41(45)47)52(51,36-22-12-7-13-23-36)38-29-31-46-42(33-38)48(3,4)40-25-15-17-27-44(40)50(46)35-20-10-6-11-21-35/h5-33H,1-4H3. The Morgan fingerprint density at radius 2 is 0.712 bits per heavy atom. The number of hydrogen-bond donors (Lipinski definition) is 0. The van der Waals surface area contributed by atoms with E-state index in [9.17, 15) is 0 Å². The van der Waals surface area contributed by atoms with E-state index in [1.165, 1.54) is 22.5 Å². The third-order valence-corrected chi connectivity index (χ3v) is 14.3. The van der Waals surface area contributed by atoms with Crippen molar-refractivity contribution in [3.8, 4) is 0 Å². The molecule has 0 unspecified atom stereocenters. The molecular formula is C48H41N2OP. The van der Waals surface area contributed by atoms with Crippen molar-refractivity contribution in [1.82, 2.24) is 0 Å². The van der Waals surface area contributed by atoms with Gasteiger partial charge in [-0.25, -0.2) is 0 Å². The Morgan fingerprint density at radius 1 is 0.365 bits per heavy atom. The maximum atomic E-state index is 16.4. The molecule has 254 valence electrons. The molecule has 0 fully saturated rings. The van der Waals surface area contributed by atoms with Crippen molar-refractivity contribution < 1.29 is 4.57 Å². The van der Waals surface area contributed by atoms with E-state index in [1.807, 2.05) is 30.3 Å². The number of nitrogens with zero attached hydrogens (tertiary/aromatic N) is 2. The Bertz CT molecular complexity index is 2350. The number of para-hydroxylation sites is 4. The van der Waals surface area contributed by atoms with Gasteiger partial charge in [0, 0.05) is 38.1 Å². The minimum Gasteiger partial charge on any atom is -0.310 e. The quantitative estimate of drug-likeness (QED) is 0.168. The molecule has 0 saturated heterocycles. The normalized spacial score (nSPS) is 15.2. The van der Waals surface area contributed by atoms with Crippen LogP contribution >= 0.6 is 7.14 Å². The highest BCUT2D eigenvalue weighted by Crippen LogP contribution is 2.55. The first kappa shape index (κ1) is 32.3. The predicted molar refractivity (Wildman–Crippen MR) is 219 cm³/mol. The summed E-state index contributed by atoms with van der Waals surface area (Å²) in [7, 11) is -3.37. The van der Waals surface area contributed by atoms with E-state index >= 15 is 4.57 Å². The molecule has 7 aromatic rings. The summed E-state index contributed by atoms with van der Waals surface area (Å²) >= 11 is 0. The van der Waals surface area contributed by atoms with Gasteiger partial charge >= 0.3 is 0 Å². The zero-order valence-electron chi connectivity index (χ0n) is 30.0. The fourth-order valence-corrected chi connectivity index (χ4v) is 11.2. The molecule has 0 bridgehead atoms. The maximum absolute atomic E-state index is 16.4. The molecule has 0 spiro atoms. The highest BCUT2D eigenvalue weighted by atomic mass is 31.2. The van der Waals surface area contributed by atoms with Gasteiger partial charge in [0.25, 0.3) is 0 Å². The lowest BCUT2D eigenvalue weighted by Crippen LogP contribution is -2.34. The van der Waals surface area contributed by atoms with Gasteiger partial charge in [0.2, 0.25) is 0 Å². The van der Waals surface area contributed by atoms with Gasteiger partial charge in [0.1, 0.15) is 0 Å². The smallest absolute Gasteiger partial charge is 0.171 e. The third kappa shape index (κ3) is 4.76. The van der Waals surface area contributed by atoms with Gasteiger partial charge in [-0.2, -0.15) is 0 Å². The van der Waals surface area contributed by atoms with E-state index in [0.717, 1.165) is 49.8 Å². The summed E-state index contributed by atoms with van der Waals surface area (Å²) in [6.45, 7) is 9.17. The lowest BCUT2D eigenvalue weighted by atomic mass is 9.73. The molecule has 0 atom stereocenters. The third-order valence-electron chi connectivity index (χ3n) is 11.3. The number of benzene rings is 7. The summed E-state index contributed by atoms with van der Waals surface area (Å²) in [4.78, 5) is 4.70. The molecule has 52 heavy (non-hydrogen) atoms. The van der Waals surface area contributed by atoms with Crippen LogP contribution in [0.2, 0.25) is 0 Å².